The zero-order valence-electron chi connectivity index (χ0n) is 8.25. The Labute approximate surface area is 93.6 Å². The van der Waals surface area contributed by atoms with Crippen LogP contribution >= 0.6 is 0 Å². The van der Waals surface area contributed by atoms with E-state index in [-0.39, 0.29) is 5.69 Å². The zero-order valence-corrected chi connectivity index (χ0v) is 10.1. The second-order valence-electron chi connectivity index (χ2n) is 2.96. The summed E-state index contributed by atoms with van der Waals surface area (Å²) in [7, 11) is 0. The van der Waals surface area contributed by atoms with Crippen molar-refractivity contribution in [2.75, 3.05) is 5.32 Å². The molecule has 7 nitrogen and oxygen atoms in total. The number of amides is 1. The molecule has 0 aliphatic carbocycles. The number of hydrogen-bond donors (Lipinski definition) is 4. The molecule has 0 saturated heterocycles. The van der Waals surface area contributed by atoms with Crippen LogP contribution in [0.5, 0.6) is 5.75 Å². The van der Waals surface area contributed by atoms with Gasteiger partial charge < -0.3 is 0 Å². The molecule has 0 spiro atoms. The van der Waals surface area contributed by atoms with Gasteiger partial charge in [-0.15, -0.1) is 0 Å². The van der Waals surface area contributed by atoms with E-state index < -0.39 is 30.2 Å². The van der Waals surface area contributed by atoms with Crippen LogP contribution in [0.25, 0.3) is 0 Å². The molecule has 1 aromatic carbocycles. The van der Waals surface area contributed by atoms with Crippen LogP contribution in [0.2, 0.25) is 0 Å². The summed E-state index contributed by atoms with van der Waals surface area (Å²) in [5, 5.41) is 20.1. The molecular weight excluding hydrogens is 281 g/mol. The Balaban J connectivity index is 3.24. The van der Waals surface area contributed by atoms with E-state index in [0.29, 0.717) is 0 Å². The third-order valence-electron chi connectivity index (χ3n) is 1.74. The molecule has 0 bridgehead atoms. The number of carbonyl (C=O) groups is 1. The van der Waals surface area contributed by atoms with Crippen LogP contribution in [0.3, 0.4) is 0 Å². The van der Waals surface area contributed by atoms with Crippen molar-refractivity contribution in [1.29, 1.82) is 0 Å². The molecule has 0 radical (unpaired) electrons. The Morgan fingerprint density at radius 3 is 2.62 bits per heavy atom. The van der Waals surface area contributed by atoms with Crippen LogP contribution < -0.4 is 9.67 Å². The molecule has 0 fully saturated rings. The first-order valence-corrected chi connectivity index (χ1v) is 7.45. The molecular formula is C8H10AsNO6. The number of phenols is 1. The van der Waals surface area contributed by atoms with Gasteiger partial charge in [-0.05, 0) is 0 Å². The Morgan fingerprint density at radius 1 is 1.50 bits per heavy atom. The number of anilines is 1. The fraction of sp³-hybridized carbons (Fsp3) is 0.125. The summed E-state index contributed by atoms with van der Waals surface area (Å²) in [5.74, 6) is -1.05. The number of para-hydroxylation sites is 1. The fourth-order valence-electron chi connectivity index (χ4n) is 1.09. The molecule has 1 rings (SSSR count). The van der Waals surface area contributed by atoms with E-state index in [1.807, 2.05) is 0 Å². The second-order valence-corrected chi connectivity index (χ2v) is 6.49. The Hall–Kier alpha value is -1.27. The Kier molecular flexibility index (Phi) is 3.77. The summed E-state index contributed by atoms with van der Waals surface area (Å²) in [4.78, 5) is 10.8. The van der Waals surface area contributed by atoms with Crippen LogP contribution in [0.15, 0.2) is 18.2 Å². The van der Waals surface area contributed by atoms with E-state index in [9.17, 15) is 17.7 Å². The van der Waals surface area contributed by atoms with Gasteiger partial charge in [0.25, 0.3) is 0 Å². The Bertz CT molecular complexity index is 460. The molecule has 4 N–H and O–H groups in total. The topological polar surface area (TPSA) is 116 Å². The zero-order chi connectivity index (χ0) is 12.3. The summed E-state index contributed by atoms with van der Waals surface area (Å²) in [6, 6.07) is 3.80. The van der Waals surface area contributed by atoms with Crippen LogP contribution in [0.4, 0.5) is 5.69 Å². The summed E-state index contributed by atoms with van der Waals surface area (Å²) in [6.07, 6.45) is 0. The van der Waals surface area contributed by atoms with E-state index in [0.717, 1.165) is 6.07 Å². The van der Waals surface area contributed by atoms with Gasteiger partial charge in [-0.1, -0.05) is 0 Å². The molecule has 1 unspecified atom stereocenters. The summed E-state index contributed by atoms with van der Waals surface area (Å²) in [6.45, 7) is 1.22. The summed E-state index contributed by atoms with van der Waals surface area (Å²) in [5.41, 5.74) is -0.0299. The predicted molar refractivity (Wildman–Crippen MR) is 54.4 cm³/mol. The fourth-order valence-corrected chi connectivity index (χ4v) is 2.67. The summed E-state index contributed by atoms with van der Waals surface area (Å²) < 4.78 is 23.5. The number of carbonyl (C=O) groups excluding carboxylic acids is 1. The average molecular weight is 291 g/mol. The van der Waals surface area contributed by atoms with Gasteiger partial charge in [0.05, 0.1) is 0 Å². The number of phenolic OH excluding ortho intramolecular Hbond substituents is 1. The van der Waals surface area contributed by atoms with Crippen molar-refractivity contribution in [2.45, 2.75) is 6.92 Å². The Morgan fingerprint density at radius 2 is 2.12 bits per heavy atom. The molecule has 1 amide bonds. The van der Waals surface area contributed by atoms with Crippen molar-refractivity contribution in [1.82, 2.24) is 0 Å². The first kappa shape index (κ1) is 12.8. The second kappa shape index (κ2) is 4.71. The van der Waals surface area contributed by atoms with E-state index in [1.165, 1.54) is 19.1 Å². The first-order valence-electron chi connectivity index (χ1n) is 4.14. The van der Waals surface area contributed by atoms with Crippen LogP contribution in [-0.2, 0) is 12.4 Å². The maximum atomic E-state index is 11.3. The molecule has 88 valence electrons. The van der Waals surface area contributed by atoms with E-state index in [1.54, 1.807) is 0 Å². The van der Waals surface area contributed by atoms with Gasteiger partial charge in [0.15, 0.2) is 0 Å². The maximum absolute atomic E-state index is 11.3. The van der Waals surface area contributed by atoms with E-state index in [2.05, 4.69) is 9.19 Å². The van der Waals surface area contributed by atoms with Gasteiger partial charge in [0.1, 0.15) is 0 Å². The summed E-state index contributed by atoms with van der Waals surface area (Å²) >= 11 is -5.13. The van der Waals surface area contributed by atoms with Gasteiger partial charge in [0.2, 0.25) is 0 Å². The standard InChI is InChI=1S/C8H10AsNO6/c1-5(11)10-7-4-2-3-6(8(7)12)9(13,14)16-15/h2-4,12,15H,1H3,(H,10,11)(H,13,14). The molecule has 16 heavy (non-hydrogen) atoms. The molecule has 0 aromatic heterocycles. The molecule has 0 saturated carbocycles. The monoisotopic (exact) mass is 291 g/mol. The minimum atomic E-state index is -5.13. The van der Waals surface area contributed by atoms with Crippen LogP contribution in [0.1, 0.15) is 6.92 Å². The first-order chi connectivity index (χ1) is 7.38. The number of rotatable bonds is 3. The third kappa shape index (κ3) is 2.65. The van der Waals surface area contributed by atoms with Crippen molar-refractivity contribution < 1.29 is 26.9 Å². The van der Waals surface area contributed by atoms with Crippen molar-refractivity contribution in [3.63, 3.8) is 0 Å². The van der Waals surface area contributed by atoms with Crippen molar-refractivity contribution in [2.24, 2.45) is 0 Å². The predicted octanol–water partition coefficient (Wildman–Crippen LogP) is -0.591. The van der Waals surface area contributed by atoms with Gasteiger partial charge in [-0.25, -0.2) is 0 Å². The van der Waals surface area contributed by atoms with Gasteiger partial charge in [-0.2, -0.15) is 0 Å². The van der Waals surface area contributed by atoms with E-state index in [4.69, 9.17) is 5.26 Å². The van der Waals surface area contributed by atoms with Gasteiger partial charge >= 0.3 is 93.2 Å². The molecule has 1 aromatic rings. The van der Waals surface area contributed by atoms with E-state index >= 15 is 0 Å². The number of hydrogen-bond acceptors (Lipinski definition) is 5. The third-order valence-corrected chi connectivity index (χ3v) is 4.24. The average Bonchev–Trinajstić information content (AvgIpc) is 2.20. The van der Waals surface area contributed by atoms with Crippen molar-refractivity contribution >= 4 is 30.1 Å². The molecule has 8 heteroatoms. The van der Waals surface area contributed by atoms with Crippen LogP contribution in [0, 0.1) is 0 Å². The van der Waals surface area contributed by atoms with Gasteiger partial charge in [-0.3, -0.25) is 0 Å². The molecule has 1 atom stereocenters. The number of benzene rings is 1. The normalized spacial score (nSPS) is 14.2. The van der Waals surface area contributed by atoms with Crippen LogP contribution in [-0.4, -0.2) is 34.5 Å². The minimum absolute atomic E-state index is 0.0299. The molecule has 0 heterocycles. The quantitative estimate of drug-likeness (QED) is 0.256. The van der Waals surface area contributed by atoms with Crippen molar-refractivity contribution in [3.8, 4) is 5.75 Å². The number of nitrogens with one attached hydrogen (secondary N) is 1. The molecule has 0 aliphatic heterocycles. The van der Waals surface area contributed by atoms with Gasteiger partial charge in [0, 0.05) is 0 Å². The molecule has 0 aliphatic rings. The number of aromatic hydroxyl groups is 1. The van der Waals surface area contributed by atoms with Crippen molar-refractivity contribution in [3.05, 3.63) is 18.2 Å². The SMILES string of the molecule is CC(=O)Nc1cccc([As](=O)(O)OO)c1O.